The summed E-state index contributed by atoms with van der Waals surface area (Å²) in [5.41, 5.74) is 1.65. The SMILES string of the molecule is C=CCCc1ccc2cc([C@@H]3CC[C@@H]4CC(CCCCC)CCC4C3)cc(F)c2c1F. The molecule has 2 saturated carbocycles. The Morgan fingerprint density at radius 1 is 1.00 bits per heavy atom. The van der Waals surface area contributed by atoms with Gasteiger partial charge in [-0.1, -0.05) is 63.3 Å². The molecular weight excluding hydrogens is 386 g/mol. The highest BCUT2D eigenvalue weighted by Crippen LogP contribution is 2.48. The van der Waals surface area contributed by atoms with Crippen molar-refractivity contribution in [2.45, 2.75) is 89.9 Å². The van der Waals surface area contributed by atoms with Crippen LogP contribution < -0.4 is 0 Å². The molecule has 0 radical (unpaired) electrons. The van der Waals surface area contributed by atoms with Crippen LogP contribution in [0.1, 0.15) is 94.6 Å². The van der Waals surface area contributed by atoms with Gasteiger partial charge in [0.1, 0.15) is 11.6 Å². The number of hydrogen-bond donors (Lipinski definition) is 0. The number of unbranched alkanes of at least 4 members (excludes halogenated alkanes) is 2. The van der Waals surface area contributed by atoms with Gasteiger partial charge < -0.3 is 0 Å². The molecule has 2 aliphatic rings. The quantitative estimate of drug-likeness (QED) is 0.293. The van der Waals surface area contributed by atoms with Crippen LogP contribution in [0.5, 0.6) is 0 Å². The highest BCUT2D eigenvalue weighted by Gasteiger charge is 2.36. The van der Waals surface area contributed by atoms with Crippen molar-refractivity contribution in [3.05, 3.63) is 59.7 Å². The Labute approximate surface area is 187 Å². The molecule has 31 heavy (non-hydrogen) atoms. The maximum atomic E-state index is 15.0. The highest BCUT2D eigenvalue weighted by molar-refractivity contribution is 5.85. The molecule has 2 fully saturated rings. The van der Waals surface area contributed by atoms with E-state index in [-0.39, 0.29) is 5.39 Å². The average molecular weight is 425 g/mol. The lowest BCUT2D eigenvalue weighted by Gasteiger charge is -2.42. The molecule has 0 heterocycles. The van der Waals surface area contributed by atoms with Crippen LogP contribution in [0.4, 0.5) is 8.78 Å². The fourth-order valence-electron chi connectivity index (χ4n) is 6.36. The zero-order chi connectivity index (χ0) is 21.8. The number of halogens is 2. The number of aryl methyl sites for hydroxylation is 1. The van der Waals surface area contributed by atoms with E-state index in [0.717, 1.165) is 29.7 Å². The Kier molecular flexibility index (Phi) is 7.46. The van der Waals surface area contributed by atoms with Crippen molar-refractivity contribution in [2.75, 3.05) is 0 Å². The summed E-state index contributed by atoms with van der Waals surface area (Å²) in [7, 11) is 0. The lowest BCUT2D eigenvalue weighted by atomic mass is 9.63. The Balaban J connectivity index is 1.46. The van der Waals surface area contributed by atoms with Gasteiger partial charge in [0.25, 0.3) is 0 Å². The number of allylic oxidation sites excluding steroid dienone is 1. The second-order valence-corrected chi connectivity index (χ2v) is 10.2. The second kappa shape index (κ2) is 10.3. The van der Waals surface area contributed by atoms with E-state index in [4.69, 9.17) is 0 Å². The van der Waals surface area contributed by atoms with Crippen molar-refractivity contribution < 1.29 is 8.78 Å². The van der Waals surface area contributed by atoms with Gasteiger partial charge in [-0.3, -0.25) is 0 Å². The Bertz CT molecular complexity index is 899. The number of hydrogen-bond acceptors (Lipinski definition) is 0. The summed E-state index contributed by atoms with van der Waals surface area (Å²) in [6.07, 6.45) is 16.3. The summed E-state index contributed by atoms with van der Waals surface area (Å²) in [5.74, 6) is 2.21. The van der Waals surface area contributed by atoms with Gasteiger partial charge in [-0.05, 0) is 91.2 Å². The molecule has 2 aromatic carbocycles. The Morgan fingerprint density at radius 2 is 1.81 bits per heavy atom. The molecule has 0 amide bonds. The number of rotatable bonds is 8. The summed E-state index contributed by atoms with van der Waals surface area (Å²) in [4.78, 5) is 0. The van der Waals surface area contributed by atoms with Gasteiger partial charge in [-0.25, -0.2) is 8.78 Å². The van der Waals surface area contributed by atoms with E-state index in [0.29, 0.717) is 29.7 Å². The number of benzene rings is 2. The third-order valence-electron chi connectivity index (χ3n) is 8.14. The van der Waals surface area contributed by atoms with Gasteiger partial charge in [0.05, 0.1) is 5.39 Å². The summed E-state index contributed by atoms with van der Waals surface area (Å²) < 4.78 is 30.0. The molecule has 2 aliphatic carbocycles. The molecule has 0 saturated heterocycles. The predicted molar refractivity (Wildman–Crippen MR) is 127 cm³/mol. The fraction of sp³-hybridized carbons (Fsp3) is 0.586. The van der Waals surface area contributed by atoms with Crippen molar-refractivity contribution >= 4 is 10.8 Å². The molecular formula is C29H38F2. The minimum Gasteiger partial charge on any atom is -0.206 e. The lowest BCUT2D eigenvalue weighted by Crippen LogP contribution is -2.30. The Morgan fingerprint density at radius 3 is 2.61 bits per heavy atom. The maximum Gasteiger partial charge on any atom is 0.137 e. The predicted octanol–water partition coefficient (Wildman–Crippen LogP) is 9.12. The smallest absolute Gasteiger partial charge is 0.137 e. The van der Waals surface area contributed by atoms with Crippen LogP contribution in [-0.2, 0) is 6.42 Å². The van der Waals surface area contributed by atoms with Gasteiger partial charge in [-0.15, -0.1) is 6.58 Å². The van der Waals surface area contributed by atoms with Crippen LogP contribution >= 0.6 is 0 Å². The first-order chi connectivity index (χ1) is 15.1. The monoisotopic (exact) mass is 424 g/mol. The van der Waals surface area contributed by atoms with E-state index >= 15 is 4.39 Å². The average Bonchev–Trinajstić information content (AvgIpc) is 2.78. The first-order valence-corrected chi connectivity index (χ1v) is 12.6. The van der Waals surface area contributed by atoms with Crippen LogP contribution in [0.3, 0.4) is 0 Å². The van der Waals surface area contributed by atoms with Gasteiger partial charge in [-0.2, -0.15) is 0 Å². The van der Waals surface area contributed by atoms with Crippen molar-refractivity contribution in [1.82, 2.24) is 0 Å². The number of fused-ring (bicyclic) bond motifs is 2. The van der Waals surface area contributed by atoms with Crippen LogP contribution in [0, 0.1) is 29.4 Å². The zero-order valence-electron chi connectivity index (χ0n) is 19.1. The van der Waals surface area contributed by atoms with E-state index in [1.807, 2.05) is 12.1 Å². The van der Waals surface area contributed by atoms with Crippen LogP contribution in [0.25, 0.3) is 10.8 Å². The van der Waals surface area contributed by atoms with Gasteiger partial charge in [0.15, 0.2) is 0 Å². The molecule has 0 spiro atoms. The summed E-state index contributed by atoms with van der Waals surface area (Å²) in [5, 5.41) is 0.864. The first kappa shape index (κ1) is 22.5. The van der Waals surface area contributed by atoms with Crippen LogP contribution in [0.15, 0.2) is 36.9 Å². The molecule has 0 bridgehead atoms. The minimum absolute atomic E-state index is 0.159. The molecule has 0 N–H and O–H groups in total. The summed E-state index contributed by atoms with van der Waals surface area (Å²) in [6, 6.07) is 7.40. The van der Waals surface area contributed by atoms with Crippen molar-refractivity contribution in [3.63, 3.8) is 0 Å². The normalized spacial score (nSPS) is 26.0. The van der Waals surface area contributed by atoms with Crippen LogP contribution in [-0.4, -0.2) is 0 Å². The van der Waals surface area contributed by atoms with E-state index < -0.39 is 11.6 Å². The second-order valence-electron chi connectivity index (χ2n) is 10.2. The topological polar surface area (TPSA) is 0 Å². The lowest BCUT2D eigenvalue weighted by molar-refractivity contribution is 0.113. The molecule has 0 aromatic heterocycles. The highest BCUT2D eigenvalue weighted by atomic mass is 19.1. The Hall–Kier alpha value is -1.70. The molecule has 2 aromatic rings. The molecule has 2 heteroatoms. The molecule has 4 atom stereocenters. The van der Waals surface area contributed by atoms with E-state index in [1.54, 1.807) is 12.1 Å². The minimum atomic E-state index is -0.396. The molecule has 0 aliphatic heterocycles. The van der Waals surface area contributed by atoms with Crippen molar-refractivity contribution in [3.8, 4) is 0 Å². The molecule has 4 rings (SSSR count). The first-order valence-electron chi connectivity index (χ1n) is 12.6. The van der Waals surface area contributed by atoms with Gasteiger partial charge >= 0.3 is 0 Å². The van der Waals surface area contributed by atoms with E-state index in [2.05, 4.69) is 19.6 Å². The summed E-state index contributed by atoms with van der Waals surface area (Å²) in [6.45, 7) is 5.98. The third kappa shape index (κ3) is 5.04. The van der Waals surface area contributed by atoms with Crippen LogP contribution in [0.2, 0.25) is 0 Å². The van der Waals surface area contributed by atoms with Crippen molar-refractivity contribution in [1.29, 1.82) is 0 Å². The standard InChI is InChI=1S/C29H38F2/c1-3-5-7-8-20-10-11-23-17-24(14-13-22(23)16-20)26-18-25-15-12-21(9-6-4-2)29(31)28(25)27(30)19-26/h4,12,15,18-20,22-24H,2-3,5-11,13-14,16-17H2,1H3/t20?,22-,23?,24-/m1/s1. The summed E-state index contributed by atoms with van der Waals surface area (Å²) >= 11 is 0. The molecule has 168 valence electrons. The zero-order valence-corrected chi connectivity index (χ0v) is 19.1. The van der Waals surface area contributed by atoms with Gasteiger partial charge in [0, 0.05) is 0 Å². The maximum absolute atomic E-state index is 15.0. The van der Waals surface area contributed by atoms with E-state index in [9.17, 15) is 4.39 Å². The largest absolute Gasteiger partial charge is 0.206 e. The molecule has 0 nitrogen and oxygen atoms in total. The van der Waals surface area contributed by atoms with Gasteiger partial charge in [0.2, 0.25) is 0 Å². The molecule has 2 unspecified atom stereocenters. The third-order valence-corrected chi connectivity index (χ3v) is 8.14. The fourth-order valence-corrected chi connectivity index (χ4v) is 6.36. The van der Waals surface area contributed by atoms with E-state index in [1.165, 1.54) is 57.8 Å². The van der Waals surface area contributed by atoms with Crippen molar-refractivity contribution in [2.24, 2.45) is 17.8 Å².